The molecule has 2 heterocycles. The molecule has 0 saturated heterocycles. The standard InChI is InChI=1S/C10H7Cl3OS2/c1-14-6-2-3-15-9(6)8(12)5-4-7(11)16-10(5)13/h2-4,8H,1H3. The molecule has 0 N–H and O–H groups in total. The molecule has 16 heavy (non-hydrogen) atoms. The lowest BCUT2D eigenvalue weighted by molar-refractivity contribution is 0.413. The second kappa shape index (κ2) is 5.15. The largest absolute Gasteiger partial charge is 0.496 e. The molecule has 0 aliphatic heterocycles. The molecule has 1 atom stereocenters. The molecular weight excluding hydrogens is 307 g/mol. The number of ether oxygens (including phenoxy) is 1. The van der Waals surface area contributed by atoms with Crippen molar-refractivity contribution >= 4 is 57.5 Å². The van der Waals surface area contributed by atoms with Crippen LogP contribution in [0.25, 0.3) is 0 Å². The van der Waals surface area contributed by atoms with E-state index < -0.39 is 0 Å². The number of hydrogen-bond acceptors (Lipinski definition) is 3. The summed E-state index contributed by atoms with van der Waals surface area (Å²) in [6, 6.07) is 3.68. The third-order valence-corrected chi connectivity index (χ3v) is 5.13. The van der Waals surface area contributed by atoms with Crippen molar-refractivity contribution in [1.29, 1.82) is 0 Å². The molecule has 0 amide bonds. The van der Waals surface area contributed by atoms with Crippen LogP contribution in [0.2, 0.25) is 8.67 Å². The SMILES string of the molecule is COc1ccsc1C(Cl)c1cc(Cl)sc1Cl. The molecule has 0 radical (unpaired) electrons. The van der Waals surface area contributed by atoms with Gasteiger partial charge in [-0.1, -0.05) is 23.2 Å². The number of methoxy groups -OCH3 is 1. The van der Waals surface area contributed by atoms with Crippen molar-refractivity contribution < 1.29 is 4.74 Å². The predicted molar refractivity (Wildman–Crippen MR) is 72.9 cm³/mol. The minimum absolute atomic E-state index is 0.314. The van der Waals surface area contributed by atoms with Gasteiger partial charge in [0.05, 0.1) is 26.0 Å². The zero-order valence-corrected chi connectivity index (χ0v) is 12.1. The third kappa shape index (κ3) is 2.34. The van der Waals surface area contributed by atoms with E-state index in [1.807, 2.05) is 11.4 Å². The van der Waals surface area contributed by atoms with Crippen LogP contribution in [0.4, 0.5) is 0 Å². The molecule has 0 aromatic carbocycles. The van der Waals surface area contributed by atoms with Gasteiger partial charge in [0.15, 0.2) is 0 Å². The van der Waals surface area contributed by atoms with E-state index in [-0.39, 0.29) is 5.38 Å². The Kier molecular flexibility index (Phi) is 4.03. The molecule has 2 aromatic rings. The molecule has 6 heteroatoms. The number of hydrogen-bond donors (Lipinski definition) is 0. The summed E-state index contributed by atoms with van der Waals surface area (Å²) in [7, 11) is 1.62. The summed E-state index contributed by atoms with van der Waals surface area (Å²) in [5.41, 5.74) is 0.832. The highest BCUT2D eigenvalue weighted by atomic mass is 35.5. The van der Waals surface area contributed by atoms with Crippen LogP contribution >= 0.6 is 57.5 Å². The number of alkyl halides is 1. The van der Waals surface area contributed by atoms with Crippen molar-refractivity contribution in [2.24, 2.45) is 0 Å². The fraction of sp³-hybridized carbons (Fsp3) is 0.200. The topological polar surface area (TPSA) is 9.23 Å². The Morgan fingerprint density at radius 3 is 2.69 bits per heavy atom. The van der Waals surface area contributed by atoms with Crippen LogP contribution in [0.3, 0.4) is 0 Å². The second-order valence-corrected chi connectivity index (χ2v) is 6.67. The Labute approximate surface area is 117 Å². The molecule has 0 fully saturated rings. The van der Waals surface area contributed by atoms with Crippen molar-refractivity contribution in [3.05, 3.63) is 36.6 Å². The Balaban J connectivity index is 2.38. The van der Waals surface area contributed by atoms with Gasteiger partial charge in [-0.05, 0) is 17.5 Å². The summed E-state index contributed by atoms with van der Waals surface area (Å²) in [6.45, 7) is 0. The van der Waals surface area contributed by atoms with E-state index in [0.29, 0.717) is 8.67 Å². The molecule has 1 nitrogen and oxygen atoms in total. The normalized spacial score (nSPS) is 12.8. The summed E-state index contributed by atoms with van der Waals surface area (Å²) in [6.07, 6.45) is 0. The molecule has 0 aliphatic rings. The number of thiophene rings is 2. The minimum Gasteiger partial charge on any atom is -0.496 e. The van der Waals surface area contributed by atoms with Crippen LogP contribution in [0.15, 0.2) is 17.5 Å². The van der Waals surface area contributed by atoms with Gasteiger partial charge in [-0.3, -0.25) is 0 Å². The fourth-order valence-electron chi connectivity index (χ4n) is 1.33. The number of halogens is 3. The molecule has 2 aromatic heterocycles. The summed E-state index contributed by atoms with van der Waals surface area (Å²) < 4.78 is 6.49. The Morgan fingerprint density at radius 2 is 2.12 bits per heavy atom. The first kappa shape index (κ1) is 12.5. The lowest BCUT2D eigenvalue weighted by Gasteiger charge is -2.08. The van der Waals surface area contributed by atoms with Gasteiger partial charge in [0.1, 0.15) is 5.75 Å². The maximum absolute atomic E-state index is 6.37. The molecular formula is C10H7Cl3OS2. The smallest absolute Gasteiger partial charge is 0.134 e. The van der Waals surface area contributed by atoms with E-state index in [9.17, 15) is 0 Å². The lowest BCUT2D eigenvalue weighted by atomic mass is 10.2. The average molecular weight is 314 g/mol. The van der Waals surface area contributed by atoms with Crippen molar-refractivity contribution in [3.63, 3.8) is 0 Å². The van der Waals surface area contributed by atoms with Gasteiger partial charge in [0, 0.05) is 5.56 Å². The molecule has 0 aliphatic carbocycles. The first-order valence-corrected chi connectivity index (χ1v) is 7.22. The first-order valence-electron chi connectivity index (χ1n) is 4.33. The van der Waals surface area contributed by atoms with E-state index in [0.717, 1.165) is 16.2 Å². The maximum Gasteiger partial charge on any atom is 0.134 e. The van der Waals surface area contributed by atoms with Gasteiger partial charge >= 0.3 is 0 Å². The molecule has 2 rings (SSSR count). The van der Waals surface area contributed by atoms with Crippen LogP contribution in [-0.2, 0) is 0 Å². The van der Waals surface area contributed by atoms with E-state index in [2.05, 4.69) is 0 Å². The van der Waals surface area contributed by atoms with Crippen molar-refractivity contribution in [3.8, 4) is 5.75 Å². The van der Waals surface area contributed by atoms with Gasteiger partial charge in [-0.2, -0.15) is 0 Å². The average Bonchev–Trinajstić information content (AvgIpc) is 2.83. The van der Waals surface area contributed by atoms with E-state index in [1.165, 1.54) is 11.3 Å². The fourth-order valence-corrected chi connectivity index (χ4v) is 4.27. The van der Waals surface area contributed by atoms with E-state index in [4.69, 9.17) is 39.5 Å². The summed E-state index contributed by atoms with van der Waals surface area (Å²) in [5, 5.41) is 1.62. The lowest BCUT2D eigenvalue weighted by Crippen LogP contribution is -1.92. The van der Waals surface area contributed by atoms with E-state index in [1.54, 1.807) is 24.5 Å². The van der Waals surface area contributed by atoms with Crippen molar-refractivity contribution in [1.82, 2.24) is 0 Å². The predicted octanol–water partition coefficient (Wildman–Crippen LogP) is 5.45. The molecule has 0 saturated carbocycles. The zero-order valence-electron chi connectivity index (χ0n) is 8.17. The zero-order chi connectivity index (χ0) is 11.7. The van der Waals surface area contributed by atoms with Crippen LogP contribution in [0, 0.1) is 0 Å². The van der Waals surface area contributed by atoms with Crippen LogP contribution in [0.5, 0.6) is 5.75 Å². The highest BCUT2D eigenvalue weighted by molar-refractivity contribution is 7.20. The summed E-state index contributed by atoms with van der Waals surface area (Å²) >= 11 is 21.2. The monoisotopic (exact) mass is 312 g/mol. The Hall–Kier alpha value is 0.0700. The highest BCUT2D eigenvalue weighted by Crippen LogP contribution is 2.44. The summed E-state index contributed by atoms with van der Waals surface area (Å²) in [4.78, 5) is 0.945. The number of rotatable bonds is 3. The molecule has 1 unspecified atom stereocenters. The molecule has 0 bridgehead atoms. The highest BCUT2D eigenvalue weighted by Gasteiger charge is 2.21. The minimum atomic E-state index is -0.314. The van der Waals surface area contributed by atoms with Gasteiger partial charge < -0.3 is 4.74 Å². The Morgan fingerprint density at radius 1 is 1.38 bits per heavy atom. The first-order chi connectivity index (χ1) is 7.63. The van der Waals surface area contributed by atoms with Gasteiger partial charge in [-0.15, -0.1) is 34.3 Å². The Bertz CT molecular complexity index is 492. The quantitative estimate of drug-likeness (QED) is 0.684. The second-order valence-electron chi connectivity index (χ2n) is 3.00. The summed E-state index contributed by atoms with van der Waals surface area (Å²) in [5.74, 6) is 0.781. The van der Waals surface area contributed by atoms with Crippen molar-refractivity contribution in [2.75, 3.05) is 7.11 Å². The molecule has 0 spiro atoms. The van der Waals surface area contributed by atoms with E-state index >= 15 is 0 Å². The van der Waals surface area contributed by atoms with Crippen LogP contribution in [0.1, 0.15) is 15.8 Å². The van der Waals surface area contributed by atoms with Crippen LogP contribution < -0.4 is 4.74 Å². The van der Waals surface area contributed by atoms with Crippen molar-refractivity contribution in [2.45, 2.75) is 5.38 Å². The third-order valence-electron chi connectivity index (χ3n) is 2.06. The van der Waals surface area contributed by atoms with Gasteiger partial charge in [0.2, 0.25) is 0 Å². The van der Waals surface area contributed by atoms with Gasteiger partial charge in [-0.25, -0.2) is 0 Å². The molecule has 86 valence electrons. The van der Waals surface area contributed by atoms with Gasteiger partial charge in [0.25, 0.3) is 0 Å². The maximum atomic E-state index is 6.37. The van der Waals surface area contributed by atoms with Crippen LogP contribution in [-0.4, -0.2) is 7.11 Å².